The Morgan fingerprint density at radius 1 is 1.33 bits per heavy atom. The summed E-state index contributed by atoms with van der Waals surface area (Å²) < 4.78 is 0. The van der Waals surface area contributed by atoms with Gasteiger partial charge in [0.1, 0.15) is 0 Å². The van der Waals surface area contributed by atoms with Crippen molar-refractivity contribution in [3.8, 4) is 0 Å². The van der Waals surface area contributed by atoms with Gasteiger partial charge in [-0.2, -0.15) is 0 Å². The fourth-order valence-corrected chi connectivity index (χ4v) is 2.04. The highest BCUT2D eigenvalue weighted by molar-refractivity contribution is 5.03. The minimum atomic E-state index is 0.272. The number of nitrogens with zero attached hydrogens (tertiary/aromatic N) is 2. The van der Waals surface area contributed by atoms with E-state index in [1.807, 2.05) is 18.3 Å². The van der Waals surface area contributed by atoms with E-state index < -0.39 is 0 Å². The molecule has 0 saturated carbocycles. The van der Waals surface area contributed by atoms with Gasteiger partial charge in [-0.1, -0.05) is 33.8 Å². The molecule has 0 aromatic carbocycles. The zero-order valence-electron chi connectivity index (χ0n) is 12.4. The molecule has 0 aliphatic carbocycles. The van der Waals surface area contributed by atoms with Gasteiger partial charge < -0.3 is 5.32 Å². The summed E-state index contributed by atoms with van der Waals surface area (Å²) in [6.07, 6.45) is 1.86. The van der Waals surface area contributed by atoms with E-state index in [0.717, 1.165) is 25.3 Å². The third-order valence-corrected chi connectivity index (χ3v) is 3.15. The quantitative estimate of drug-likeness (QED) is 0.840. The van der Waals surface area contributed by atoms with Crippen molar-refractivity contribution < 1.29 is 0 Å². The molecule has 0 amide bonds. The minimum absolute atomic E-state index is 0.272. The molecule has 0 bridgehead atoms. The van der Waals surface area contributed by atoms with Crippen LogP contribution >= 0.6 is 0 Å². The number of nitrogens with one attached hydrogen (secondary N) is 1. The molecular formula is C15H27N3. The first-order valence-corrected chi connectivity index (χ1v) is 6.75. The van der Waals surface area contributed by atoms with Crippen LogP contribution < -0.4 is 5.32 Å². The molecule has 1 heterocycles. The summed E-state index contributed by atoms with van der Waals surface area (Å²) in [6.45, 7) is 12.0. The lowest BCUT2D eigenvalue weighted by molar-refractivity contribution is 0.191. The summed E-state index contributed by atoms with van der Waals surface area (Å²) in [6, 6.07) is 6.58. The maximum absolute atomic E-state index is 4.37. The molecule has 102 valence electrons. The van der Waals surface area contributed by atoms with Crippen LogP contribution in [0.3, 0.4) is 0 Å². The summed E-state index contributed by atoms with van der Waals surface area (Å²) in [5.41, 5.74) is 1.40. The van der Waals surface area contributed by atoms with Crippen molar-refractivity contribution in [2.45, 2.75) is 40.3 Å². The lowest BCUT2D eigenvalue weighted by Crippen LogP contribution is -2.47. The van der Waals surface area contributed by atoms with Crippen LogP contribution in [0.2, 0.25) is 0 Å². The van der Waals surface area contributed by atoms with Gasteiger partial charge in [-0.05, 0) is 31.1 Å². The standard InChI is InChI=1S/C15H27N3/c1-6-16-14(15(2,3)4)12-18(5)11-13-9-7-8-10-17-13/h7-10,14,16H,6,11-12H2,1-5H3. The first-order valence-electron chi connectivity index (χ1n) is 6.75. The molecule has 1 N–H and O–H groups in total. The molecule has 1 unspecified atom stereocenters. The number of hydrogen-bond acceptors (Lipinski definition) is 3. The smallest absolute Gasteiger partial charge is 0.0543 e. The average Bonchev–Trinajstić information content (AvgIpc) is 2.28. The fourth-order valence-electron chi connectivity index (χ4n) is 2.04. The Balaban J connectivity index is 2.54. The summed E-state index contributed by atoms with van der Waals surface area (Å²) in [5, 5.41) is 3.58. The van der Waals surface area contributed by atoms with E-state index in [4.69, 9.17) is 0 Å². The van der Waals surface area contributed by atoms with Gasteiger partial charge in [0.15, 0.2) is 0 Å². The number of rotatable bonds is 6. The van der Waals surface area contributed by atoms with Gasteiger partial charge in [0, 0.05) is 25.3 Å². The molecule has 1 atom stereocenters. The Morgan fingerprint density at radius 3 is 2.56 bits per heavy atom. The molecule has 0 fully saturated rings. The molecule has 0 radical (unpaired) electrons. The zero-order valence-corrected chi connectivity index (χ0v) is 12.4. The molecule has 0 aliphatic rings. The van der Waals surface area contributed by atoms with E-state index >= 15 is 0 Å². The number of aromatic nitrogens is 1. The molecule has 0 aliphatic heterocycles. The van der Waals surface area contributed by atoms with Gasteiger partial charge in [0.25, 0.3) is 0 Å². The highest BCUT2D eigenvalue weighted by Crippen LogP contribution is 2.20. The van der Waals surface area contributed by atoms with Crippen LogP contribution in [0, 0.1) is 5.41 Å². The Morgan fingerprint density at radius 2 is 2.06 bits per heavy atom. The summed E-state index contributed by atoms with van der Waals surface area (Å²) >= 11 is 0. The molecule has 0 saturated heterocycles. The maximum Gasteiger partial charge on any atom is 0.0543 e. The largest absolute Gasteiger partial charge is 0.312 e. The SMILES string of the molecule is CCNC(CN(C)Cc1ccccn1)C(C)(C)C. The van der Waals surface area contributed by atoms with Gasteiger partial charge >= 0.3 is 0 Å². The first kappa shape index (κ1) is 15.1. The lowest BCUT2D eigenvalue weighted by Gasteiger charge is -2.34. The average molecular weight is 249 g/mol. The maximum atomic E-state index is 4.37. The predicted octanol–water partition coefficient (Wildman–Crippen LogP) is 2.54. The van der Waals surface area contributed by atoms with Crippen molar-refractivity contribution in [1.82, 2.24) is 15.2 Å². The van der Waals surface area contributed by atoms with Crippen molar-refractivity contribution in [3.05, 3.63) is 30.1 Å². The highest BCUT2D eigenvalue weighted by Gasteiger charge is 2.24. The van der Waals surface area contributed by atoms with Crippen LogP contribution in [-0.2, 0) is 6.54 Å². The Hall–Kier alpha value is -0.930. The molecule has 1 aromatic rings. The van der Waals surface area contributed by atoms with Crippen LogP contribution in [0.5, 0.6) is 0 Å². The topological polar surface area (TPSA) is 28.2 Å². The van der Waals surface area contributed by atoms with Gasteiger partial charge in [-0.15, -0.1) is 0 Å². The monoisotopic (exact) mass is 249 g/mol. The van der Waals surface area contributed by atoms with Crippen molar-refractivity contribution in [3.63, 3.8) is 0 Å². The summed E-state index contributed by atoms with van der Waals surface area (Å²) in [4.78, 5) is 6.71. The highest BCUT2D eigenvalue weighted by atomic mass is 15.1. The fraction of sp³-hybridized carbons (Fsp3) is 0.667. The molecule has 3 nitrogen and oxygen atoms in total. The molecule has 18 heavy (non-hydrogen) atoms. The first-order chi connectivity index (χ1) is 8.43. The van der Waals surface area contributed by atoms with E-state index in [-0.39, 0.29) is 5.41 Å². The molecule has 0 spiro atoms. The predicted molar refractivity (Wildman–Crippen MR) is 77.5 cm³/mol. The lowest BCUT2D eigenvalue weighted by atomic mass is 9.86. The Labute approximate surface area is 112 Å². The van der Waals surface area contributed by atoms with E-state index in [1.165, 1.54) is 0 Å². The van der Waals surface area contributed by atoms with Crippen molar-refractivity contribution >= 4 is 0 Å². The minimum Gasteiger partial charge on any atom is -0.312 e. The molecule has 1 aromatic heterocycles. The summed E-state index contributed by atoms with van der Waals surface area (Å²) in [7, 11) is 2.16. The number of hydrogen-bond donors (Lipinski definition) is 1. The number of likely N-dealkylation sites (N-methyl/N-ethyl adjacent to an activating group) is 2. The van der Waals surface area contributed by atoms with E-state index in [2.05, 4.69) is 56.0 Å². The van der Waals surface area contributed by atoms with Gasteiger partial charge in [-0.3, -0.25) is 9.88 Å². The van der Waals surface area contributed by atoms with E-state index in [0.29, 0.717) is 6.04 Å². The third kappa shape index (κ3) is 5.15. The Kier molecular flexibility index (Phi) is 5.76. The van der Waals surface area contributed by atoms with Crippen LogP contribution in [0.15, 0.2) is 24.4 Å². The van der Waals surface area contributed by atoms with Crippen molar-refractivity contribution in [1.29, 1.82) is 0 Å². The second kappa shape index (κ2) is 6.86. The van der Waals surface area contributed by atoms with Crippen molar-refractivity contribution in [2.24, 2.45) is 5.41 Å². The zero-order chi connectivity index (χ0) is 13.6. The van der Waals surface area contributed by atoms with Gasteiger partial charge in [0.2, 0.25) is 0 Å². The Bertz CT molecular complexity index is 329. The van der Waals surface area contributed by atoms with Crippen LogP contribution in [-0.4, -0.2) is 36.1 Å². The normalized spacial score (nSPS) is 13.9. The van der Waals surface area contributed by atoms with Gasteiger partial charge in [0.05, 0.1) is 5.69 Å². The number of pyridine rings is 1. The van der Waals surface area contributed by atoms with E-state index in [9.17, 15) is 0 Å². The van der Waals surface area contributed by atoms with Crippen molar-refractivity contribution in [2.75, 3.05) is 20.1 Å². The van der Waals surface area contributed by atoms with Crippen LogP contribution in [0.1, 0.15) is 33.4 Å². The third-order valence-electron chi connectivity index (χ3n) is 3.15. The summed E-state index contributed by atoms with van der Waals surface area (Å²) in [5.74, 6) is 0. The second-order valence-corrected chi connectivity index (χ2v) is 5.99. The van der Waals surface area contributed by atoms with Gasteiger partial charge in [-0.25, -0.2) is 0 Å². The molecular weight excluding hydrogens is 222 g/mol. The molecule has 3 heteroatoms. The van der Waals surface area contributed by atoms with E-state index in [1.54, 1.807) is 0 Å². The van der Waals surface area contributed by atoms with Crippen LogP contribution in [0.4, 0.5) is 0 Å². The molecule has 1 rings (SSSR count). The van der Waals surface area contributed by atoms with Crippen LogP contribution in [0.25, 0.3) is 0 Å². The second-order valence-electron chi connectivity index (χ2n) is 5.99.